The molecule has 0 atom stereocenters. The SMILES string of the molecule is Cc1cccc(C)c1C(=O)c1ccccc1Br. The maximum absolute atomic E-state index is 12.5. The number of halogens is 1. The van der Waals surface area contributed by atoms with Gasteiger partial charge in [0, 0.05) is 15.6 Å². The van der Waals surface area contributed by atoms with Crippen LogP contribution in [0.5, 0.6) is 0 Å². The molecule has 0 spiro atoms. The first-order valence-corrected chi connectivity index (χ1v) is 6.26. The number of rotatable bonds is 2. The third-order valence-corrected chi connectivity index (χ3v) is 3.52. The second-order valence-corrected chi connectivity index (χ2v) is 4.93. The maximum atomic E-state index is 12.5. The molecule has 0 bridgehead atoms. The standard InChI is InChI=1S/C15H13BrO/c1-10-6-5-7-11(2)14(10)15(17)12-8-3-4-9-13(12)16/h3-9H,1-2H3. The van der Waals surface area contributed by atoms with Crippen molar-refractivity contribution in [3.05, 3.63) is 69.2 Å². The van der Waals surface area contributed by atoms with Gasteiger partial charge < -0.3 is 0 Å². The van der Waals surface area contributed by atoms with Gasteiger partial charge in [0.2, 0.25) is 0 Å². The number of carbonyl (C=O) groups is 1. The summed E-state index contributed by atoms with van der Waals surface area (Å²) in [5.74, 6) is 0.0769. The van der Waals surface area contributed by atoms with Crippen LogP contribution in [-0.4, -0.2) is 5.78 Å². The molecule has 1 nitrogen and oxygen atoms in total. The van der Waals surface area contributed by atoms with Gasteiger partial charge in [-0.25, -0.2) is 0 Å². The molecule has 0 saturated heterocycles. The van der Waals surface area contributed by atoms with Gasteiger partial charge in [0.15, 0.2) is 5.78 Å². The number of ketones is 1. The second-order valence-electron chi connectivity index (χ2n) is 4.08. The van der Waals surface area contributed by atoms with E-state index in [1.54, 1.807) is 0 Å². The lowest BCUT2D eigenvalue weighted by molar-refractivity contribution is 0.103. The molecule has 2 rings (SSSR count). The van der Waals surface area contributed by atoms with Crippen molar-refractivity contribution in [2.75, 3.05) is 0 Å². The molecule has 0 radical (unpaired) electrons. The van der Waals surface area contributed by atoms with Crippen molar-refractivity contribution in [1.82, 2.24) is 0 Å². The lowest BCUT2D eigenvalue weighted by Crippen LogP contribution is -2.06. The van der Waals surface area contributed by atoms with Crippen LogP contribution in [0.3, 0.4) is 0 Å². The zero-order chi connectivity index (χ0) is 12.4. The molecule has 0 saturated carbocycles. The fourth-order valence-electron chi connectivity index (χ4n) is 1.95. The number of carbonyl (C=O) groups excluding carboxylic acids is 1. The van der Waals surface area contributed by atoms with Gasteiger partial charge in [0.25, 0.3) is 0 Å². The Labute approximate surface area is 110 Å². The Hall–Kier alpha value is -1.41. The van der Waals surface area contributed by atoms with E-state index in [0.29, 0.717) is 5.56 Å². The highest BCUT2D eigenvalue weighted by Gasteiger charge is 2.15. The molecule has 2 heteroatoms. The third-order valence-electron chi connectivity index (χ3n) is 2.83. The van der Waals surface area contributed by atoms with Gasteiger partial charge in [0.1, 0.15) is 0 Å². The molecule has 17 heavy (non-hydrogen) atoms. The van der Waals surface area contributed by atoms with Crippen LogP contribution >= 0.6 is 15.9 Å². The van der Waals surface area contributed by atoms with Crippen LogP contribution in [-0.2, 0) is 0 Å². The minimum atomic E-state index is 0.0769. The van der Waals surface area contributed by atoms with Gasteiger partial charge in [0.05, 0.1) is 0 Å². The zero-order valence-corrected chi connectivity index (χ0v) is 11.4. The minimum Gasteiger partial charge on any atom is -0.289 e. The van der Waals surface area contributed by atoms with E-state index in [9.17, 15) is 4.79 Å². The summed E-state index contributed by atoms with van der Waals surface area (Å²) in [6.45, 7) is 3.94. The summed E-state index contributed by atoms with van der Waals surface area (Å²) in [5, 5.41) is 0. The molecular formula is C15H13BrO. The van der Waals surface area contributed by atoms with E-state index in [1.165, 1.54) is 0 Å². The molecule has 0 aromatic heterocycles. The van der Waals surface area contributed by atoms with Crippen molar-refractivity contribution in [2.24, 2.45) is 0 Å². The Kier molecular flexibility index (Phi) is 3.43. The highest BCUT2D eigenvalue weighted by atomic mass is 79.9. The Balaban J connectivity index is 2.56. The smallest absolute Gasteiger partial charge is 0.194 e. The molecule has 0 aliphatic carbocycles. The summed E-state index contributed by atoms with van der Waals surface area (Å²) < 4.78 is 0.840. The molecule has 0 aliphatic heterocycles. The summed E-state index contributed by atoms with van der Waals surface area (Å²) >= 11 is 3.42. The molecule has 0 aliphatic rings. The minimum absolute atomic E-state index is 0.0769. The summed E-state index contributed by atoms with van der Waals surface area (Å²) in [6, 6.07) is 13.4. The Morgan fingerprint density at radius 1 is 0.941 bits per heavy atom. The molecule has 2 aromatic carbocycles. The predicted octanol–water partition coefficient (Wildman–Crippen LogP) is 4.30. The topological polar surface area (TPSA) is 17.1 Å². The van der Waals surface area contributed by atoms with Gasteiger partial charge in [-0.2, -0.15) is 0 Å². The van der Waals surface area contributed by atoms with Gasteiger partial charge >= 0.3 is 0 Å². The summed E-state index contributed by atoms with van der Waals surface area (Å²) in [5.41, 5.74) is 3.56. The molecule has 0 N–H and O–H groups in total. The lowest BCUT2D eigenvalue weighted by Gasteiger charge is -2.09. The average molecular weight is 289 g/mol. The number of hydrogen-bond acceptors (Lipinski definition) is 1. The van der Waals surface area contributed by atoms with Gasteiger partial charge in [-0.05, 0) is 37.1 Å². The number of hydrogen-bond donors (Lipinski definition) is 0. The van der Waals surface area contributed by atoms with Crippen LogP contribution in [0.2, 0.25) is 0 Å². The van der Waals surface area contributed by atoms with E-state index in [-0.39, 0.29) is 5.78 Å². The molecule has 0 fully saturated rings. The first-order chi connectivity index (χ1) is 8.11. The van der Waals surface area contributed by atoms with Crippen LogP contribution in [0, 0.1) is 13.8 Å². The monoisotopic (exact) mass is 288 g/mol. The van der Waals surface area contributed by atoms with Gasteiger partial charge in [-0.15, -0.1) is 0 Å². The highest BCUT2D eigenvalue weighted by Crippen LogP contribution is 2.23. The Morgan fingerprint density at radius 2 is 1.53 bits per heavy atom. The largest absolute Gasteiger partial charge is 0.289 e. The van der Waals surface area contributed by atoms with Crippen LogP contribution in [0.4, 0.5) is 0 Å². The molecule has 86 valence electrons. The molecule has 0 unspecified atom stereocenters. The third kappa shape index (κ3) is 2.32. The molecular weight excluding hydrogens is 276 g/mol. The van der Waals surface area contributed by atoms with E-state index < -0.39 is 0 Å². The first-order valence-electron chi connectivity index (χ1n) is 5.46. The first kappa shape index (κ1) is 12.1. The molecule has 2 aromatic rings. The van der Waals surface area contributed by atoms with Crippen molar-refractivity contribution in [3.8, 4) is 0 Å². The summed E-state index contributed by atoms with van der Waals surface area (Å²) in [4.78, 5) is 12.5. The van der Waals surface area contributed by atoms with Gasteiger partial charge in [-0.3, -0.25) is 4.79 Å². The van der Waals surface area contributed by atoms with Crippen LogP contribution in [0.1, 0.15) is 27.0 Å². The van der Waals surface area contributed by atoms with Crippen molar-refractivity contribution in [3.63, 3.8) is 0 Å². The van der Waals surface area contributed by atoms with Crippen LogP contribution in [0.15, 0.2) is 46.9 Å². The average Bonchev–Trinajstić information content (AvgIpc) is 2.29. The highest BCUT2D eigenvalue weighted by molar-refractivity contribution is 9.10. The molecule has 0 amide bonds. The van der Waals surface area contributed by atoms with E-state index in [0.717, 1.165) is 21.2 Å². The van der Waals surface area contributed by atoms with E-state index in [2.05, 4.69) is 15.9 Å². The van der Waals surface area contributed by atoms with E-state index in [4.69, 9.17) is 0 Å². The lowest BCUT2D eigenvalue weighted by atomic mass is 9.95. The number of benzene rings is 2. The second kappa shape index (κ2) is 4.84. The zero-order valence-electron chi connectivity index (χ0n) is 9.83. The molecule has 0 heterocycles. The van der Waals surface area contributed by atoms with Crippen molar-refractivity contribution in [1.29, 1.82) is 0 Å². The van der Waals surface area contributed by atoms with Crippen LogP contribution < -0.4 is 0 Å². The van der Waals surface area contributed by atoms with Crippen molar-refractivity contribution in [2.45, 2.75) is 13.8 Å². The van der Waals surface area contributed by atoms with Crippen LogP contribution in [0.25, 0.3) is 0 Å². The van der Waals surface area contributed by atoms with Gasteiger partial charge in [-0.1, -0.05) is 46.3 Å². The quantitative estimate of drug-likeness (QED) is 0.753. The predicted molar refractivity (Wildman–Crippen MR) is 73.5 cm³/mol. The Bertz CT molecular complexity index is 553. The van der Waals surface area contributed by atoms with Crippen molar-refractivity contribution < 1.29 is 4.79 Å². The van der Waals surface area contributed by atoms with Crippen molar-refractivity contribution >= 4 is 21.7 Å². The van der Waals surface area contributed by atoms with E-state index >= 15 is 0 Å². The normalized spacial score (nSPS) is 10.3. The van der Waals surface area contributed by atoms with E-state index in [1.807, 2.05) is 56.3 Å². The number of aryl methyl sites for hydroxylation is 2. The Morgan fingerprint density at radius 3 is 2.12 bits per heavy atom. The maximum Gasteiger partial charge on any atom is 0.194 e. The fraction of sp³-hybridized carbons (Fsp3) is 0.133. The summed E-state index contributed by atoms with van der Waals surface area (Å²) in [7, 11) is 0. The summed E-state index contributed by atoms with van der Waals surface area (Å²) in [6.07, 6.45) is 0. The fourth-order valence-corrected chi connectivity index (χ4v) is 2.42.